The molecule has 4 N–H and O–H groups in total. The monoisotopic (exact) mass is 724 g/mol. The molecule has 8 aromatic rings. The standard InChI is InChI=1S/2C19H12FNOS.H2O.Zn/c2*20-14-8-5-12(6-9-14)13-7-10-17(22)15(11-13)19-21-16-3-1-2-4-18(16)23-19;;/h2*1-11,22H;1H2;. The number of aromatic nitrogens is 2. The van der Waals surface area contributed by atoms with Crippen LogP contribution in [0.5, 0.6) is 11.5 Å². The molecule has 0 unspecified atom stereocenters. The molecule has 8 rings (SSSR count). The Morgan fingerprint density at radius 1 is 0.458 bits per heavy atom. The summed E-state index contributed by atoms with van der Waals surface area (Å²) >= 11 is 3.08. The van der Waals surface area contributed by atoms with Crippen molar-refractivity contribution in [2.45, 2.75) is 0 Å². The molecule has 5 nitrogen and oxygen atoms in total. The van der Waals surface area contributed by atoms with Gasteiger partial charge >= 0.3 is 0 Å². The Bertz CT molecular complexity index is 2090. The van der Waals surface area contributed by atoms with Crippen LogP contribution in [0.25, 0.3) is 63.8 Å². The summed E-state index contributed by atoms with van der Waals surface area (Å²) in [5, 5.41) is 22.0. The van der Waals surface area contributed by atoms with Crippen LogP contribution < -0.4 is 0 Å². The van der Waals surface area contributed by atoms with E-state index in [0.29, 0.717) is 11.1 Å². The van der Waals surface area contributed by atoms with Crippen molar-refractivity contribution in [3.63, 3.8) is 0 Å². The topological polar surface area (TPSA) is 97.7 Å². The van der Waals surface area contributed by atoms with E-state index in [1.54, 1.807) is 36.4 Å². The predicted molar refractivity (Wildman–Crippen MR) is 188 cm³/mol. The second-order valence-corrected chi connectivity index (χ2v) is 12.5. The molecule has 0 aliphatic rings. The molecule has 2 heterocycles. The number of aromatic hydroxyl groups is 2. The SMILES string of the molecule is O.Oc1ccc(-c2ccc(F)cc2)cc1-c1nc2ccccc2s1.Oc1ccc(-c2ccc(F)cc2)cc1-c1nc2ccccc2s1.[Zn]. The molecule has 6 aromatic carbocycles. The van der Waals surface area contributed by atoms with Gasteiger partial charge in [-0.3, -0.25) is 0 Å². The molecule has 2 aromatic heterocycles. The normalized spacial score (nSPS) is 10.5. The first kappa shape index (κ1) is 34.5. The minimum Gasteiger partial charge on any atom is -0.507 e. The Morgan fingerprint density at radius 2 is 0.812 bits per heavy atom. The summed E-state index contributed by atoms with van der Waals surface area (Å²) in [5.41, 5.74) is 6.83. The van der Waals surface area contributed by atoms with Gasteiger partial charge in [0.25, 0.3) is 0 Å². The van der Waals surface area contributed by atoms with Crippen LogP contribution >= 0.6 is 22.7 Å². The van der Waals surface area contributed by atoms with Crippen molar-refractivity contribution < 1.29 is 43.9 Å². The third-order valence-electron chi connectivity index (χ3n) is 7.40. The number of rotatable bonds is 4. The number of phenols is 2. The summed E-state index contributed by atoms with van der Waals surface area (Å²) in [6, 6.07) is 39.1. The van der Waals surface area contributed by atoms with Crippen molar-refractivity contribution in [1.82, 2.24) is 9.97 Å². The first-order valence-electron chi connectivity index (χ1n) is 14.3. The molecule has 0 atom stereocenters. The average molecular weight is 726 g/mol. The zero-order valence-electron chi connectivity index (χ0n) is 25.3. The second-order valence-electron chi connectivity index (χ2n) is 10.5. The van der Waals surface area contributed by atoms with E-state index in [1.165, 1.54) is 46.9 Å². The van der Waals surface area contributed by atoms with E-state index in [0.717, 1.165) is 52.7 Å². The van der Waals surface area contributed by atoms with E-state index < -0.39 is 0 Å². The molecule has 234 valence electrons. The van der Waals surface area contributed by atoms with Crippen LogP contribution in [0.2, 0.25) is 0 Å². The molecule has 0 aliphatic carbocycles. The number of phenolic OH excluding ortho intramolecular Hbond substituents is 2. The number of para-hydroxylation sites is 2. The number of halogens is 2. The van der Waals surface area contributed by atoms with E-state index in [2.05, 4.69) is 9.97 Å². The maximum atomic E-state index is 13.1. The maximum absolute atomic E-state index is 13.1. The van der Waals surface area contributed by atoms with Crippen molar-refractivity contribution >= 4 is 43.1 Å². The Hall–Kier alpha value is -4.86. The molecular weight excluding hydrogens is 700 g/mol. The Kier molecular flexibility index (Phi) is 10.7. The van der Waals surface area contributed by atoms with Gasteiger partial charge in [-0.2, -0.15) is 0 Å². The fourth-order valence-electron chi connectivity index (χ4n) is 5.03. The van der Waals surface area contributed by atoms with Crippen LogP contribution in [-0.2, 0) is 19.5 Å². The summed E-state index contributed by atoms with van der Waals surface area (Å²) in [6.07, 6.45) is 0. The number of thiazole rings is 2. The summed E-state index contributed by atoms with van der Waals surface area (Å²) in [4.78, 5) is 9.18. The minimum atomic E-state index is -0.265. The number of hydrogen-bond acceptors (Lipinski definition) is 6. The molecule has 0 bridgehead atoms. The first-order chi connectivity index (χ1) is 22.4. The van der Waals surface area contributed by atoms with Gasteiger partial charge in [-0.15, -0.1) is 22.7 Å². The predicted octanol–water partition coefficient (Wildman–Crippen LogP) is 10.1. The third-order valence-corrected chi connectivity index (χ3v) is 9.54. The van der Waals surface area contributed by atoms with Gasteiger partial charge in [-0.05, 0) is 95.1 Å². The number of fused-ring (bicyclic) bond motifs is 2. The van der Waals surface area contributed by atoms with Crippen molar-refractivity contribution in [2.75, 3.05) is 0 Å². The minimum absolute atomic E-state index is 0. The quantitative estimate of drug-likeness (QED) is 0.177. The molecule has 0 saturated heterocycles. The van der Waals surface area contributed by atoms with Crippen LogP contribution in [0, 0.1) is 11.6 Å². The van der Waals surface area contributed by atoms with E-state index in [9.17, 15) is 19.0 Å². The molecular formula is C38H26F2N2O3S2Zn. The van der Waals surface area contributed by atoms with Gasteiger partial charge in [0, 0.05) is 19.5 Å². The first-order valence-corrected chi connectivity index (χ1v) is 15.9. The van der Waals surface area contributed by atoms with Crippen LogP contribution in [0.3, 0.4) is 0 Å². The maximum Gasteiger partial charge on any atom is 0.128 e. The molecule has 0 spiro atoms. The zero-order valence-corrected chi connectivity index (χ0v) is 29.9. The smallest absolute Gasteiger partial charge is 0.128 e. The Morgan fingerprint density at radius 3 is 1.19 bits per heavy atom. The van der Waals surface area contributed by atoms with E-state index in [1.807, 2.05) is 72.8 Å². The van der Waals surface area contributed by atoms with Crippen LogP contribution in [0.4, 0.5) is 8.78 Å². The van der Waals surface area contributed by atoms with Crippen LogP contribution in [0.1, 0.15) is 0 Å². The van der Waals surface area contributed by atoms with Crippen molar-refractivity contribution in [1.29, 1.82) is 0 Å². The molecule has 0 radical (unpaired) electrons. The van der Waals surface area contributed by atoms with Gasteiger partial charge in [0.05, 0.1) is 31.6 Å². The van der Waals surface area contributed by atoms with Crippen molar-refractivity contribution in [3.8, 4) is 54.9 Å². The molecule has 0 saturated carbocycles. The number of hydrogen-bond donors (Lipinski definition) is 2. The molecule has 0 aliphatic heterocycles. The van der Waals surface area contributed by atoms with Crippen LogP contribution in [-0.4, -0.2) is 25.7 Å². The fourth-order valence-corrected chi connectivity index (χ4v) is 7.01. The van der Waals surface area contributed by atoms with Gasteiger partial charge < -0.3 is 15.7 Å². The average Bonchev–Trinajstić information content (AvgIpc) is 3.71. The van der Waals surface area contributed by atoms with Gasteiger partial charge in [-0.25, -0.2) is 18.7 Å². The van der Waals surface area contributed by atoms with Gasteiger partial charge in [0.1, 0.15) is 33.1 Å². The largest absolute Gasteiger partial charge is 0.507 e. The zero-order chi connectivity index (χ0) is 31.6. The van der Waals surface area contributed by atoms with E-state index in [-0.39, 0.29) is 48.1 Å². The summed E-state index contributed by atoms with van der Waals surface area (Å²) in [6.45, 7) is 0. The Labute approximate surface area is 295 Å². The number of nitrogens with zero attached hydrogens (tertiary/aromatic N) is 2. The second kappa shape index (κ2) is 14.9. The van der Waals surface area contributed by atoms with Gasteiger partial charge in [0.2, 0.25) is 0 Å². The molecule has 0 fully saturated rings. The molecule has 48 heavy (non-hydrogen) atoms. The fraction of sp³-hybridized carbons (Fsp3) is 0. The van der Waals surface area contributed by atoms with E-state index in [4.69, 9.17) is 0 Å². The third kappa shape index (κ3) is 7.32. The summed E-state index contributed by atoms with van der Waals surface area (Å²) < 4.78 is 28.3. The summed E-state index contributed by atoms with van der Waals surface area (Å²) in [7, 11) is 0. The van der Waals surface area contributed by atoms with Crippen LogP contribution in [0.15, 0.2) is 133 Å². The molecule has 0 amide bonds. The van der Waals surface area contributed by atoms with Gasteiger partial charge in [0.15, 0.2) is 0 Å². The molecule has 10 heteroatoms. The van der Waals surface area contributed by atoms with Crippen molar-refractivity contribution in [2.24, 2.45) is 0 Å². The number of benzene rings is 6. The summed E-state index contributed by atoms with van der Waals surface area (Å²) in [5.74, 6) is -0.150. The van der Waals surface area contributed by atoms with Gasteiger partial charge in [-0.1, -0.05) is 60.7 Å². The Balaban J connectivity index is 0.000000180. The van der Waals surface area contributed by atoms with Crippen molar-refractivity contribution in [3.05, 3.63) is 145 Å². The van der Waals surface area contributed by atoms with E-state index >= 15 is 0 Å².